The van der Waals surface area contributed by atoms with Crippen molar-refractivity contribution >= 4 is 69.3 Å². The Balaban J connectivity index is 2.63. The minimum atomic E-state index is -2.43. The molecule has 0 bridgehead atoms. The molecule has 0 saturated carbocycles. The first-order valence-corrected chi connectivity index (χ1v) is 21.7. The molecule has 1 fully saturated rings. The van der Waals surface area contributed by atoms with E-state index >= 15 is 0 Å². The van der Waals surface area contributed by atoms with Crippen molar-refractivity contribution in [2.75, 3.05) is 13.2 Å². The Morgan fingerprint density at radius 1 is 0.951 bits per heavy atom. The van der Waals surface area contributed by atoms with Crippen molar-refractivity contribution in [1.82, 2.24) is 5.32 Å². The number of hydrogen-bond donors (Lipinski definition) is 2. The molecular weight excluding hydrogens is 641 g/mol. The Bertz CT molecular complexity index is 1010. The number of rotatable bonds is 9. The lowest BCUT2D eigenvalue weighted by Gasteiger charge is -2.52. The Labute approximate surface area is 267 Å². The summed E-state index contributed by atoms with van der Waals surface area (Å²) in [5.74, 6) is 0. The number of carbonyl (C=O) groups is 1. The molecule has 0 aromatic heterocycles. The summed E-state index contributed by atoms with van der Waals surface area (Å²) in [6.07, 6.45) is -2.75. The van der Waals surface area contributed by atoms with Crippen molar-refractivity contribution in [3.63, 3.8) is 0 Å². The number of alkyl halides is 3. The molecule has 0 aliphatic carbocycles. The number of nitrogens with one attached hydrogen (secondary N) is 1. The molecule has 2 N–H and O–H groups in total. The van der Waals surface area contributed by atoms with Crippen LogP contribution in [-0.2, 0) is 18.3 Å². The molecule has 1 aliphatic rings. The van der Waals surface area contributed by atoms with Crippen LogP contribution < -0.4 is 5.32 Å². The number of alkyl carbamates (subject to hydrolysis) is 1. The van der Waals surface area contributed by atoms with Crippen molar-refractivity contribution in [2.24, 2.45) is 0 Å². The second kappa shape index (κ2) is 14.0. The van der Waals surface area contributed by atoms with Gasteiger partial charge in [0.05, 0.1) is 18.8 Å². The fourth-order valence-corrected chi connectivity index (χ4v) is 7.62. The molecule has 1 aromatic carbocycles. The molecule has 1 aliphatic heterocycles. The summed E-state index contributed by atoms with van der Waals surface area (Å²) in [5.41, 5.74) is 0.489. The standard InChI is InChI=1S/C28H48Cl3NO6SSi2/c1-18-12-14-19(15-13-18)39-24-21(32-25(34)35-17-28(29,30)31)23(38-41(10,11)27(5,6)7)22(20(16-33)36-24)37-40(8,9)26(2,3)4/h12-15,20-24,33H,16-17H2,1-11H3,(H,32,34)/t20-,21-,22-,23-,24+/m1/s1. The van der Waals surface area contributed by atoms with E-state index in [-0.39, 0.29) is 16.7 Å². The Hall–Kier alpha value is -0.0162. The summed E-state index contributed by atoms with van der Waals surface area (Å²) in [7, 11) is -4.82. The van der Waals surface area contributed by atoms with Crippen LogP contribution in [0.3, 0.4) is 0 Å². The SMILES string of the molecule is Cc1ccc(S[C@@H]2O[C@H](CO)[C@@H](O[Si](C)(C)C(C)(C)C)[C@H](O[Si](C)(C)C(C)(C)C)[C@H]2NC(=O)OCC(Cl)(Cl)Cl)cc1. The number of ether oxygens (including phenoxy) is 2. The monoisotopic (exact) mass is 687 g/mol. The molecule has 7 nitrogen and oxygen atoms in total. The van der Waals surface area contributed by atoms with E-state index in [1.165, 1.54) is 11.8 Å². The van der Waals surface area contributed by atoms with E-state index in [0.717, 1.165) is 10.5 Å². The van der Waals surface area contributed by atoms with Crippen molar-refractivity contribution in [2.45, 2.75) is 123 Å². The zero-order valence-electron chi connectivity index (χ0n) is 26.1. The number of aryl methyl sites for hydroxylation is 1. The molecule has 41 heavy (non-hydrogen) atoms. The Morgan fingerprint density at radius 2 is 1.44 bits per heavy atom. The van der Waals surface area contributed by atoms with Crippen molar-refractivity contribution in [3.8, 4) is 0 Å². The summed E-state index contributed by atoms with van der Waals surface area (Å²) in [5, 5.41) is 13.3. The second-order valence-electron chi connectivity index (χ2n) is 13.7. The van der Waals surface area contributed by atoms with Crippen LogP contribution in [-0.4, -0.2) is 74.6 Å². The van der Waals surface area contributed by atoms with Gasteiger partial charge in [-0.15, -0.1) is 0 Å². The maximum atomic E-state index is 13.1. The molecule has 5 atom stereocenters. The molecule has 2 rings (SSSR count). The van der Waals surface area contributed by atoms with E-state index in [2.05, 4.69) is 73.0 Å². The van der Waals surface area contributed by atoms with Gasteiger partial charge >= 0.3 is 6.09 Å². The molecule has 13 heteroatoms. The number of halogens is 3. The minimum Gasteiger partial charge on any atom is -0.445 e. The first-order chi connectivity index (χ1) is 18.5. The summed E-state index contributed by atoms with van der Waals surface area (Å²) in [6.45, 7) is 22.8. The average molecular weight is 689 g/mol. The third-order valence-corrected chi connectivity index (χ3v) is 18.7. The van der Waals surface area contributed by atoms with Gasteiger partial charge in [-0.3, -0.25) is 0 Å². The number of amides is 1. The number of carbonyl (C=O) groups excluding carboxylic acids is 1. The summed E-state index contributed by atoms with van der Waals surface area (Å²) in [6, 6.07) is 7.31. The number of hydrogen-bond acceptors (Lipinski definition) is 7. The van der Waals surface area contributed by atoms with Gasteiger partial charge in [0.1, 0.15) is 24.3 Å². The average Bonchev–Trinajstić information content (AvgIpc) is 2.80. The quantitative estimate of drug-likeness (QED) is 0.201. The third-order valence-electron chi connectivity index (χ3n) is 8.22. The van der Waals surface area contributed by atoms with Gasteiger partial charge in [-0.25, -0.2) is 4.79 Å². The third kappa shape index (κ3) is 10.5. The first-order valence-electron chi connectivity index (χ1n) is 13.8. The largest absolute Gasteiger partial charge is 0.445 e. The maximum Gasteiger partial charge on any atom is 0.407 e. The highest BCUT2D eigenvalue weighted by Crippen LogP contribution is 2.45. The van der Waals surface area contributed by atoms with Gasteiger partial charge in [0.25, 0.3) is 0 Å². The molecule has 1 amide bonds. The van der Waals surface area contributed by atoms with Gasteiger partial charge < -0.3 is 28.7 Å². The smallest absolute Gasteiger partial charge is 0.407 e. The summed E-state index contributed by atoms with van der Waals surface area (Å²) in [4.78, 5) is 14.0. The maximum absolute atomic E-state index is 13.1. The fraction of sp³-hybridized carbons (Fsp3) is 0.750. The lowest BCUT2D eigenvalue weighted by molar-refractivity contribution is -0.160. The second-order valence-corrected chi connectivity index (χ2v) is 26.9. The number of aliphatic hydroxyl groups excluding tert-OH is 1. The summed E-state index contributed by atoms with van der Waals surface area (Å²) < 4.78 is 24.1. The van der Waals surface area contributed by atoms with Crippen LogP contribution in [0, 0.1) is 6.92 Å². The lowest BCUT2D eigenvalue weighted by Crippen LogP contribution is -2.68. The fourth-order valence-electron chi connectivity index (χ4n) is 3.70. The first kappa shape index (κ1) is 37.2. The van der Waals surface area contributed by atoms with E-state index < -0.39 is 62.9 Å². The van der Waals surface area contributed by atoms with Gasteiger partial charge in [0, 0.05) is 4.90 Å². The molecule has 0 unspecified atom stereocenters. The Kier molecular flexibility index (Phi) is 12.7. The van der Waals surface area contributed by atoms with Gasteiger partial charge in [-0.1, -0.05) is 106 Å². The molecule has 0 spiro atoms. The van der Waals surface area contributed by atoms with Gasteiger partial charge in [0.15, 0.2) is 16.6 Å². The zero-order valence-corrected chi connectivity index (χ0v) is 31.2. The van der Waals surface area contributed by atoms with Crippen molar-refractivity contribution in [1.29, 1.82) is 0 Å². The molecule has 1 aromatic rings. The molecule has 1 saturated heterocycles. The van der Waals surface area contributed by atoms with Crippen LogP contribution in [0.15, 0.2) is 29.2 Å². The lowest BCUT2D eigenvalue weighted by atomic mass is 9.98. The molecule has 1 heterocycles. The number of aliphatic hydroxyl groups is 1. The number of thioether (sulfide) groups is 1. The van der Waals surface area contributed by atoms with Crippen molar-refractivity contribution < 1.29 is 28.2 Å². The predicted molar refractivity (Wildman–Crippen MR) is 175 cm³/mol. The summed E-state index contributed by atoms with van der Waals surface area (Å²) >= 11 is 19.0. The molecule has 0 radical (unpaired) electrons. The number of benzene rings is 1. The van der Waals surface area contributed by atoms with E-state index in [4.69, 9.17) is 53.1 Å². The van der Waals surface area contributed by atoms with Crippen LogP contribution in [0.25, 0.3) is 0 Å². The molecular formula is C28H48Cl3NO6SSi2. The van der Waals surface area contributed by atoms with E-state index in [1.807, 2.05) is 31.2 Å². The van der Waals surface area contributed by atoms with E-state index in [1.54, 1.807) is 0 Å². The highest BCUT2D eigenvalue weighted by atomic mass is 35.6. The van der Waals surface area contributed by atoms with Gasteiger partial charge in [-0.2, -0.15) is 0 Å². The zero-order chi connectivity index (χ0) is 31.6. The normalized spacial score (nSPS) is 24.7. The van der Waals surface area contributed by atoms with Crippen LogP contribution in [0.5, 0.6) is 0 Å². The highest BCUT2D eigenvalue weighted by molar-refractivity contribution is 7.99. The van der Waals surface area contributed by atoms with Gasteiger partial charge in [-0.05, 0) is 55.3 Å². The Morgan fingerprint density at radius 3 is 1.88 bits per heavy atom. The van der Waals surface area contributed by atoms with Crippen LogP contribution in [0.1, 0.15) is 47.1 Å². The van der Waals surface area contributed by atoms with Gasteiger partial charge in [0.2, 0.25) is 3.79 Å². The minimum absolute atomic E-state index is 0.117. The highest BCUT2D eigenvalue weighted by Gasteiger charge is 2.54. The molecule has 236 valence electrons. The van der Waals surface area contributed by atoms with Crippen LogP contribution >= 0.6 is 46.6 Å². The van der Waals surface area contributed by atoms with E-state index in [9.17, 15) is 9.90 Å². The van der Waals surface area contributed by atoms with Crippen LogP contribution in [0.2, 0.25) is 36.3 Å². The predicted octanol–water partition coefficient (Wildman–Crippen LogP) is 8.05. The topological polar surface area (TPSA) is 86.3 Å². The van der Waals surface area contributed by atoms with E-state index in [0.29, 0.717) is 0 Å². The van der Waals surface area contributed by atoms with Crippen LogP contribution in [0.4, 0.5) is 4.79 Å². The van der Waals surface area contributed by atoms with Crippen molar-refractivity contribution in [3.05, 3.63) is 29.8 Å².